The van der Waals surface area contributed by atoms with Crippen molar-refractivity contribution >= 4 is 23.7 Å². The molecule has 2 heterocycles. The number of carbonyl (C=O) groups is 2. The van der Waals surface area contributed by atoms with Crippen LogP contribution in [0.1, 0.15) is 36.0 Å². The van der Waals surface area contributed by atoms with Crippen molar-refractivity contribution in [3.63, 3.8) is 0 Å². The van der Waals surface area contributed by atoms with Gasteiger partial charge in [-0.05, 0) is 61.1 Å². The van der Waals surface area contributed by atoms with Crippen LogP contribution in [0, 0.1) is 6.92 Å². The Labute approximate surface area is 165 Å². The molecule has 5 heteroatoms. The highest BCUT2D eigenvalue weighted by Gasteiger charge is 2.33. The molecule has 3 amide bonds. The van der Waals surface area contributed by atoms with Crippen molar-refractivity contribution in [1.82, 2.24) is 10.2 Å². The molecular formula is C23H25N3O2. The summed E-state index contributed by atoms with van der Waals surface area (Å²) in [4.78, 5) is 28.7. The number of amides is 3. The first kappa shape index (κ1) is 18.3. The number of piperidine rings is 1. The number of anilines is 1. The number of rotatable bonds is 4. The fourth-order valence-electron chi connectivity index (χ4n) is 3.81. The number of aryl methyl sites for hydroxylation is 1. The highest BCUT2D eigenvalue weighted by molar-refractivity contribution is 6.14. The van der Waals surface area contributed by atoms with Crippen molar-refractivity contribution in [2.75, 3.05) is 18.0 Å². The van der Waals surface area contributed by atoms with Gasteiger partial charge in [0, 0.05) is 18.8 Å². The molecule has 0 aromatic heterocycles. The number of hydrogen-bond acceptors (Lipinski definition) is 3. The summed E-state index contributed by atoms with van der Waals surface area (Å²) in [5.41, 5.74) is 4.53. The zero-order chi connectivity index (χ0) is 19.5. The molecule has 1 N–H and O–H groups in total. The van der Waals surface area contributed by atoms with Crippen LogP contribution in [0.4, 0.5) is 10.5 Å². The van der Waals surface area contributed by atoms with E-state index in [1.54, 1.807) is 6.08 Å². The molecule has 2 aromatic rings. The van der Waals surface area contributed by atoms with Gasteiger partial charge in [-0.3, -0.25) is 9.69 Å². The van der Waals surface area contributed by atoms with E-state index in [4.69, 9.17) is 0 Å². The highest BCUT2D eigenvalue weighted by atomic mass is 16.2. The third-order valence-electron chi connectivity index (χ3n) is 5.42. The lowest BCUT2D eigenvalue weighted by atomic mass is 10.0. The van der Waals surface area contributed by atoms with E-state index in [2.05, 4.69) is 22.3 Å². The maximum atomic E-state index is 12.7. The van der Waals surface area contributed by atoms with Crippen LogP contribution < -0.4 is 10.2 Å². The second-order valence-corrected chi connectivity index (χ2v) is 7.45. The normalized spacial score (nSPS) is 18.7. The second-order valence-electron chi connectivity index (χ2n) is 7.45. The van der Waals surface area contributed by atoms with Gasteiger partial charge in [-0.1, -0.05) is 36.4 Å². The van der Waals surface area contributed by atoms with Gasteiger partial charge < -0.3 is 10.2 Å². The highest BCUT2D eigenvalue weighted by Crippen LogP contribution is 2.25. The molecule has 0 atom stereocenters. The zero-order valence-corrected chi connectivity index (χ0v) is 16.1. The third-order valence-corrected chi connectivity index (χ3v) is 5.42. The van der Waals surface area contributed by atoms with E-state index in [0.29, 0.717) is 5.70 Å². The van der Waals surface area contributed by atoms with Crippen LogP contribution in [0.3, 0.4) is 0 Å². The predicted octanol–water partition coefficient (Wildman–Crippen LogP) is 4.08. The minimum absolute atomic E-state index is 0.274. The minimum Gasteiger partial charge on any atom is -0.372 e. The standard InChI is InChI=1S/C23H25N3O2/c1-17-14-20(25-12-6-3-7-13-25)11-10-19(17)15-21-22(27)26(23(28)24-21)16-18-8-4-2-5-9-18/h2,4-5,8-11,14-15H,3,6-7,12-13,16H2,1H3,(H,24,28)/b21-15+. The van der Waals surface area contributed by atoms with Gasteiger partial charge in [0.1, 0.15) is 5.70 Å². The average molecular weight is 375 g/mol. The van der Waals surface area contributed by atoms with Crippen LogP contribution in [0.2, 0.25) is 0 Å². The summed E-state index contributed by atoms with van der Waals surface area (Å²) in [6.45, 7) is 4.52. The summed E-state index contributed by atoms with van der Waals surface area (Å²) in [5.74, 6) is -0.284. The first-order chi connectivity index (χ1) is 13.6. The first-order valence-electron chi connectivity index (χ1n) is 9.86. The smallest absolute Gasteiger partial charge is 0.329 e. The van der Waals surface area contributed by atoms with Crippen LogP contribution in [0.25, 0.3) is 6.08 Å². The lowest BCUT2D eigenvalue weighted by Crippen LogP contribution is -2.30. The fraction of sp³-hybridized carbons (Fsp3) is 0.304. The predicted molar refractivity (Wildman–Crippen MR) is 111 cm³/mol. The van der Waals surface area contributed by atoms with E-state index < -0.39 is 0 Å². The van der Waals surface area contributed by atoms with E-state index in [0.717, 1.165) is 29.8 Å². The van der Waals surface area contributed by atoms with E-state index in [9.17, 15) is 9.59 Å². The summed E-state index contributed by atoms with van der Waals surface area (Å²) >= 11 is 0. The lowest BCUT2D eigenvalue weighted by Gasteiger charge is -2.29. The summed E-state index contributed by atoms with van der Waals surface area (Å²) in [7, 11) is 0. The number of urea groups is 1. The average Bonchev–Trinajstić information content (AvgIpc) is 2.98. The van der Waals surface area contributed by atoms with Crippen LogP contribution in [-0.2, 0) is 11.3 Å². The molecule has 2 aromatic carbocycles. The fourth-order valence-corrected chi connectivity index (χ4v) is 3.81. The molecule has 4 rings (SSSR count). The minimum atomic E-state index is -0.373. The lowest BCUT2D eigenvalue weighted by molar-refractivity contribution is -0.123. The van der Waals surface area contributed by atoms with Gasteiger partial charge in [-0.25, -0.2) is 4.79 Å². The molecule has 144 valence electrons. The number of nitrogens with zero attached hydrogens (tertiary/aromatic N) is 2. The first-order valence-corrected chi connectivity index (χ1v) is 9.86. The maximum absolute atomic E-state index is 12.7. The van der Waals surface area contributed by atoms with Crippen LogP contribution >= 0.6 is 0 Å². The number of nitrogens with one attached hydrogen (secondary N) is 1. The van der Waals surface area contributed by atoms with Crippen molar-refractivity contribution in [2.45, 2.75) is 32.7 Å². The van der Waals surface area contributed by atoms with Crippen molar-refractivity contribution in [2.24, 2.45) is 0 Å². The van der Waals surface area contributed by atoms with Crippen LogP contribution in [0.15, 0.2) is 54.2 Å². The Balaban J connectivity index is 1.52. The van der Waals surface area contributed by atoms with Crippen molar-refractivity contribution < 1.29 is 9.59 Å². The Morgan fingerprint density at radius 1 is 1.00 bits per heavy atom. The largest absolute Gasteiger partial charge is 0.372 e. The maximum Gasteiger partial charge on any atom is 0.329 e. The zero-order valence-electron chi connectivity index (χ0n) is 16.1. The molecule has 0 unspecified atom stereocenters. The van der Waals surface area contributed by atoms with Crippen LogP contribution in [0.5, 0.6) is 0 Å². The van der Waals surface area contributed by atoms with Gasteiger partial charge in [0.25, 0.3) is 5.91 Å². The number of imide groups is 1. The van der Waals surface area contributed by atoms with Gasteiger partial charge in [-0.15, -0.1) is 0 Å². The molecule has 2 saturated heterocycles. The molecule has 0 aliphatic carbocycles. The molecule has 0 radical (unpaired) electrons. The summed E-state index contributed by atoms with van der Waals surface area (Å²) in [6, 6.07) is 15.5. The number of benzene rings is 2. The second kappa shape index (κ2) is 7.89. The van der Waals surface area contributed by atoms with Crippen molar-refractivity contribution in [3.8, 4) is 0 Å². The van der Waals surface area contributed by atoms with E-state index in [1.165, 1.54) is 29.8 Å². The topological polar surface area (TPSA) is 52.7 Å². The van der Waals surface area contributed by atoms with E-state index >= 15 is 0 Å². The SMILES string of the molecule is Cc1cc(N2CCCCC2)ccc1/C=C1/NC(=O)N(Cc2ccccc2)C1=O. The molecule has 2 aliphatic heterocycles. The van der Waals surface area contributed by atoms with Crippen molar-refractivity contribution in [1.29, 1.82) is 0 Å². The Morgan fingerprint density at radius 3 is 2.46 bits per heavy atom. The molecule has 2 aliphatic rings. The van der Waals surface area contributed by atoms with E-state index in [1.807, 2.05) is 43.3 Å². The van der Waals surface area contributed by atoms with Gasteiger partial charge in [0.15, 0.2) is 0 Å². The number of hydrogen-bond donors (Lipinski definition) is 1. The van der Waals surface area contributed by atoms with E-state index in [-0.39, 0.29) is 18.5 Å². The Hall–Kier alpha value is -3.08. The summed E-state index contributed by atoms with van der Waals surface area (Å²) in [6.07, 6.45) is 5.56. The molecule has 0 spiro atoms. The molecular weight excluding hydrogens is 350 g/mol. The third kappa shape index (κ3) is 3.79. The van der Waals surface area contributed by atoms with Crippen LogP contribution in [-0.4, -0.2) is 29.9 Å². The monoisotopic (exact) mass is 375 g/mol. The molecule has 2 fully saturated rings. The molecule has 0 bridgehead atoms. The van der Waals surface area contributed by atoms with Gasteiger partial charge in [-0.2, -0.15) is 0 Å². The summed E-state index contributed by atoms with van der Waals surface area (Å²) in [5, 5.41) is 2.72. The Bertz CT molecular complexity index is 915. The number of carbonyl (C=O) groups excluding carboxylic acids is 2. The van der Waals surface area contributed by atoms with Crippen molar-refractivity contribution in [3.05, 3.63) is 70.9 Å². The quantitative estimate of drug-likeness (QED) is 0.647. The molecule has 28 heavy (non-hydrogen) atoms. The Morgan fingerprint density at radius 2 is 1.75 bits per heavy atom. The Kier molecular flexibility index (Phi) is 5.15. The summed E-state index contributed by atoms with van der Waals surface area (Å²) < 4.78 is 0. The molecule has 0 saturated carbocycles. The van der Waals surface area contributed by atoms with Gasteiger partial charge >= 0.3 is 6.03 Å². The van der Waals surface area contributed by atoms with Gasteiger partial charge in [0.05, 0.1) is 6.54 Å². The molecule has 5 nitrogen and oxygen atoms in total. The van der Waals surface area contributed by atoms with Gasteiger partial charge in [0.2, 0.25) is 0 Å².